The van der Waals surface area contributed by atoms with Gasteiger partial charge in [0.1, 0.15) is 0 Å². The van der Waals surface area contributed by atoms with Gasteiger partial charge in [-0.1, -0.05) is 12.1 Å². The molecule has 104 valence electrons. The summed E-state index contributed by atoms with van der Waals surface area (Å²) < 4.78 is 0. The van der Waals surface area contributed by atoms with Gasteiger partial charge in [0, 0.05) is 31.8 Å². The van der Waals surface area contributed by atoms with E-state index >= 15 is 0 Å². The zero-order valence-electron chi connectivity index (χ0n) is 11.2. The molecule has 0 aromatic heterocycles. The standard InChI is InChI=1S/C14H20N2O3/c1-14(17)7-10-15(11-8-14)9-6-12-2-4-13(5-3-12)16(18)19/h2-5,17H,6-11H2,1H3. The van der Waals surface area contributed by atoms with E-state index in [-0.39, 0.29) is 10.6 Å². The van der Waals surface area contributed by atoms with Crippen molar-refractivity contribution < 1.29 is 10.0 Å². The van der Waals surface area contributed by atoms with Crippen molar-refractivity contribution in [3.63, 3.8) is 0 Å². The lowest BCUT2D eigenvalue weighted by Gasteiger charge is -2.35. The molecule has 1 fully saturated rings. The Balaban J connectivity index is 1.81. The lowest BCUT2D eigenvalue weighted by Crippen LogP contribution is -2.43. The summed E-state index contributed by atoms with van der Waals surface area (Å²) in [6, 6.07) is 6.74. The fraction of sp³-hybridized carbons (Fsp3) is 0.571. The van der Waals surface area contributed by atoms with Gasteiger partial charge in [0.25, 0.3) is 5.69 Å². The van der Waals surface area contributed by atoms with E-state index in [1.54, 1.807) is 12.1 Å². The normalized spacial score (nSPS) is 19.3. The van der Waals surface area contributed by atoms with Gasteiger partial charge >= 0.3 is 0 Å². The predicted octanol–water partition coefficient (Wildman–Crippen LogP) is 1.98. The third kappa shape index (κ3) is 4.01. The topological polar surface area (TPSA) is 66.6 Å². The lowest BCUT2D eigenvalue weighted by atomic mass is 9.93. The summed E-state index contributed by atoms with van der Waals surface area (Å²) in [5.41, 5.74) is 0.741. The number of rotatable bonds is 4. The third-order valence-electron chi connectivity index (χ3n) is 3.80. The highest BCUT2D eigenvalue weighted by atomic mass is 16.6. The molecular weight excluding hydrogens is 244 g/mol. The van der Waals surface area contributed by atoms with Gasteiger partial charge in [-0.05, 0) is 31.7 Å². The minimum Gasteiger partial charge on any atom is -0.390 e. The number of hydrogen-bond acceptors (Lipinski definition) is 4. The van der Waals surface area contributed by atoms with Crippen LogP contribution < -0.4 is 0 Å². The maximum Gasteiger partial charge on any atom is 0.269 e. The number of nitro benzene ring substituents is 1. The first kappa shape index (κ1) is 14.0. The summed E-state index contributed by atoms with van der Waals surface area (Å²) in [5, 5.41) is 20.4. The maximum absolute atomic E-state index is 10.6. The fourth-order valence-corrected chi connectivity index (χ4v) is 2.33. The van der Waals surface area contributed by atoms with E-state index in [1.165, 1.54) is 0 Å². The first-order chi connectivity index (χ1) is 8.96. The third-order valence-corrected chi connectivity index (χ3v) is 3.80. The van der Waals surface area contributed by atoms with E-state index in [2.05, 4.69) is 4.90 Å². The number of likely N-dealkylation sites (tertiary alicyclic amines) is 1. The second-order valence-electron chi connectivity index (χ2n) is 5.51. The maximum atomic E-state index is 10.6. The summed E-state index contributed by atoms with van der Waals surface area (Å²) in [6.45, 7) is 4.66. The number of non-ortho nitro benzene ring substituents is 1. The first-order valence-corrected chi connectivity index (χ1v) is 6.64. The minimum atomic E-state index is -0.510. The van der Waals surface area contributed by atoms with Crippen LogP contribution in [0.15, 0.2) is 24.3 Å². The zero-order valence-corrected chi connectivity index (χ0v) is 11.2. The summed E-state index contributed by atoms with van der Waals surface area (Å²) >= 11 is 0. The Bertz CT molecular complexity index is 433. The van der Waals surface area contributed by atoms with Gasteiger partial charge < -0.3 is 10.0 Å². The molecule has 0 aliphatic carbocycles. The van der Waals surface area contributed by atoms with Crippen molar-refractivity contribution >= 4 is 5.69 Å². The average molecular weight is 264 g/mol. The Hall–Kier alpha value is -1.46. The van der Waals surface area contributed by atoms with Crippen molar-refractivity contribution in [2.45, 2.75) is 31.8 Å². The van der Waals surface area contributed by atoms with Crippen LogP contribution in [-0.2, 0) is 6.42 Å². The Morgan fingerprint density at radius 3 is 2.42 bits per heavy atom. The van der Waals surface area contributed by atoms with Gasteiger partial charge in [-0.25, -0.2) is 0 Å². The minimum absolute atomic E-state index is 0.137. The van der Waals surface area contributed by atoms with Crippen LogP contribution in [0.1, 0.15) is 25.3 Å². The second kappa shape index (κ2) is 5.67. The molecule has 0 atom stereocenters. The molecule has 0 amide bonds. The molecule has 0 radical (unpaired) electrons. The van der Waals surface area contributed by atoms with Crippen molar-refractivity contribution in [2.75, 3.05) is 19.6 Å². The first-order valence-electron chi connectivity index (χ1n) is 6.64. The highest BCUT2D eigenvalue weighted by Gasteiger charge is 2.26. The molecular formula is C14H20N2O3. The Morgan fingerprint density at radius 2 is 1.89 bits per heavy atom. The van der Waals surface area contributed by atoms with Gasteiger partial charge in [-0.2, -0.15) is 0 Å². The number of nitrogens with zero attached hydrogens (tertiary/aromatic N) is 2. The van der Waals surface area contributed by atoms with E-state index in [4.69, 9.17) is 0 Å². The molecule has 1 aliphatic rings. The van der Waals surface area contributed by atoms with Crippen LogP contribution in [0.25, 0.3) is 0 Å². The Labute approximate surface area is 113 Å². The number of nitro groups is 1. The van der Waals surface area contributed by atoms with Crippen molar-refractivity contribution in [2.24, 2.45) is 0 Å². The van der Waals surface area contributed by atoms with Gasteiger partial charge in [0.2, 0.25) is 0 Å². The summed E-state index contributed by atoms with van der Waals surface area (Å²) in [4.78, 5) is 12.5. The quantitative estimate of drug-likeness (QED) is 0.667. The lowest BCUT2D eigenvalue weighted by molar-refractivity contribution is -0.384. The van der Waals surface area contributed by atoms with Crippen LogP contribution >= 0.6 is 0 Å². The van der Waals surface area contributed by atoms with Crippen LogP contribution in [0, 0.1) is 10.1 Å². The molecule has 0 unspecified atom stereocenters. The number of benzene rings is 1. The van der Waals surface area contributed by atoms with E-state index in [1.807, 2.05) is 19.1 Å². The molecule has 1 aromatic rings. The summed E-state index contributed by atoms with van der Waals surface area (Å²) in [7, 11) is 0. The molecule has 5 nitrogen and oxygen atoms in total. The molecule has 1 aromatic carbocycles. The molecule has 1 saturated heterocycles. The van der Waals surface area contributed by atoms with Crippen molar-refractivity contribution in [1.29, 1.82) is 0 Å². The molecule has 5 heteroatoms. The van der Waals surface area contributed by atoms with E-state index in [9.17, 15) is 15.2 Å². The number of aliphatic hydroxyl groups is 1. The predicted molar refractivity (Wildman–Crippen MR) is 73.1 cm³/mol. The van der Waals surface area contributed by atoms with Crippen molar-refractivity contribution in [3.05, 3.63) is 39.9 Å². The fourth-order valence-electron chi connectivity index (χ4n) is 2.33. The molecule has 0 spiro atoms. The highest BCUT2D eigenvalue weighted by molar-refractivity contribution is 5.32. The van der Waals surface area contributed by atoms with Gasteiger partial charge in [0.05, 0.1) is 10.5 Å². The largest absolute Gasteiger partial charge is 0.390 e. The monoisotopic (exact) mass is 264 g/mol. The molecule has 1 heterocycles. The molecule has 1 N–H and O–H groups in total. The Kier molecular flexibility index (Phi) is 4.17. The molecule has 2 rings (SSSR count). The van der Waals surface area contributed by atoms with Crippen LogP contribution in [0.3, 0.4) is 0 Å². The zero-order chi connectivity index (χ0) is 13.9. The van der Waals surface area contributed by atoms with E-state index in [0.29, 0.717) is 0 Å². The van der Waals surface area contributed by atoms with Crippen LogP contribution in [-0.4, -0.2) is 40.2 Å². The molecule has 0 bridgehead atoms. The van der Waals surface area contributed by atoms with Crippen LogP contribution in [0.4, 0.5) is 5.69 Å². The van der Waals surface area contributed by atoms with E-state index in [0.717, 1.165) is 44.5 Å². The summed E-state index contributed by atoms with van der Waals surface area (Å²) in [5.74, 6) is 0. The smallest absolute Gasteiger partial charge is 0.269 e. The molecule has 19 heavy (non-hydrogen) atoms. The van der Waals surface area contributed by atoms with E-state index < -0.39 is 5.60 Å². The number of piperidine rings is 1. The van der Waals surface area contributed by atoms with Crippen LogP contribution in [0.2, 0.25) is 0 Å². The second-order valence-corrected chi connectivity index (χ2v) is 5.51. The SMILES string of the molecule is CC1(O)CCN(CCc2ccc([N+](=O)[O-])cc2)CC1. The van der Waals surface area contributed by atoms with Crippen molar-refractivity contribution in [1.82, 2.24) is 4.90 Å². The molecule has 0 saturated carbocycles. The molecule has 1 aliphatic heterocycles. The average Bonchev–Trinajstić information content (AvgIpc) is 2.38. The Morgan fingerprint density at radius 1 is 1.32 bits per heavy atom. The number of hydrogen-bond donors (Lipinski definition) is 1. The highest BCUT2D eigenvalue weighted by Crippen LogP contribution is 2.21. The van der Waals surface area contributed by atoms with Crippen molar-refractivity contribution in [3.8, 4) is 0 Å². The van der Waals surface area contributed by atoms with Gasteiger partial charge in [0.15, 0.2) is 0 Å². The van der Waals surface area contributed by atoms with Gasteiger partial charge in [-0.3, -0.25) is 10.1 Å². The summed E-state index contributed by atoms with van der Waals surface area (Å²) in [6.07, 6.45) is 2.51. The van der Waals surface area contributed by atoms with Gasteiger partial charge in [-0.15, -0.1) is 0 Å². The van der Waals surface area contributed by atoms with Crippen LogP contribution in [0.5, 0.6) is 0 Å².